The fourth-order valence-electron chi connectivity index (χ4n) is 0.947. The molecule has 1 aromatic rings. The van der Waals surface area contributed by atoms with Gasteiger partial charge in [-0.1, -0.05) is 36.9 Å². The van der Waals surface area contributed by atoms with Gasteiger partial charge >= 0.3 is 0 Å². The van der Waals surface area contributed by atoms with Crippen molar-refractivity contribution in [2.24, 2.45) is 10.2 Å². The maximum absolute atomic E-state index is 4.08. The highest BCUT2D eigenvalue weighted by molar-refractivity contribution is 5.35. The molecule has 0 fully saturated rings. The summed E-state index contributed by atoms with van der Waals surface area (Å²) < 4.78 is 0. The first-order chi connectivity index (χ1) is 7.36. The average molecular weight is 198 g/mol. The maximum Gasteiger partial charge on any atom is 0.0857 e. The Kier molecular flexibility index (Phi) is 4.81. The predicted octanol–water partition coefficient (Wildman–Crippen LogP) is 4.42. The Morgan fingerprint density at radius 2 is 2.00 bits per heavy atom. The van der Waals surface area contributed by atoms with Crippen LogP contribution in [-0.2, 0) is 0 Å². The number of azo groups is 1. The van der Waals surface area contributed by atoms with Crippen LogP contribution in [0.5, 0.6) is 0 Å². The van der Waals surface area contributed by atoms with E-state index < -0.39 is 0 Å². The van der Waals surface area contributed by atoms with Crippen molar-refractivity contribution in [2.75, 3.05) is 0 Å². The van der Waals surface area contributed by atoms with E-state index in [4.69, 9.17) is 0 Å². The first-order valence-corrected chi connectivity index (χ1v) is 4.79. The molecule has 0 aliphatic heterocycles. The normalized spacial score (nSPS) is 12.5. The second-order valence-corrected chi connectivity index (χ2v) is 2.86. The van der Waals surface area contributed by atoms with Crippen molar-refractivity contribution < 1.29 is 0 Å². The van der Waals surface area contributed by atoms with E-state index >= 15 is 0 Å². The van der Waals surface area contributed by atoms with Crippen LogP contribution in [0.1, 0.15) is 6.92 Å². The fraction of sp³-hybridized carbons (Fsp3) is 0.0769. The molecule has 0 aromatic heterocycles. The van der Waals surface area contributed by atoms with Gasteiger partial charge in [-0.3, -0.25) is 0 Å². The van der Waals surface area contributed by atoms with E-state index in [1.54, 1.807) is 6.08 Å². The monoisotopic (exact) mass is 198 g/mol. The van der Waals surface area contributed by atoms with E-state index in [-0.39, 0.29) is 0 Å². The topological polar surface area (TPSA) is 24.7 Å². The van der Waals surface area contributed by atoms with Crippen molar-refractivity contribution in [3.05, 3.63) is 66.9 Å². The molecule has 2 heteroatoms. The molecule has 76 valence electrons. The molecular weight excluding hydrogens is 184 g/mol. The molecular formula is C13H14N2. The van der Waals surface area contributed by atoms with Crippen molar-refractivity contribution in [1.29, 1.82) is 0 Å². The third kappa shape index (κ3) is 4.18. The van der Waals surface area contributed by atoms with Crippen LogP contribution in [0.2, 0.25) is 0 Å². The Labute approximate surface area is 90.4 Å². The molecule has 0 bridgehead atoms. The van der Waals surface area contributed by atoms with Crippen molar-refractivity contribution >= 4 is 5.69 Å². The maximum atomic E-state index is 4.08. The molecule has 1 aromatic carbocycles. The van der Waals surface area contributed by atoms with Gasteiger partial charge in [0.05, 0.1) is 11.4 Å². The highest BCUT2D eigenvalue weighted by Gasteiger charge is 1.86. The number of nitrogens with zero attached hydrogens (tertiary/aromatic N) is 2. The van der Waals surface area contributed by atoms with Crippen LogP contribution in [-0.4, -0.2) is 0 Å². The molecule has 15 heavy (non-hydrogen) atoms. The van der Waals surface area contributed by atoms with E-state index in [2.05, 4.69) is 16.8 Å². The zero-order valence-electron chi connectivity index (χ0n) is 8.80. The molecule has 0 aliphatic rings. The van der Waals surface area contributed by atoms with Crippen LogP contribution < -0.4 is 0 Å². The summed E-state index contributed by atoms with van der Waals surface area (Å²) in [4.78, 5) is 0. The van der Waals surface area contributed by atoms with E-state index in [0.717, 1.165) is 11.4 Å². The van der Waals surface area contributed by atoms with Crippen LogP contribution in [0, 0.1) is 0 Å². The summed E-state index contributed by atoms with van der Waals surface area (Å²) in [7, 11) is 0. The molecule has 1 rings (SSSR count). The van der Waals surface area contributed by atoms with Gasteiger partial charge in [-0.25, -0.2) is 0 Å². The number of hydrogen-bond acceptors (Lipinski definition) is 2. The van der Waals surface area contributed by atoms with Gasteiger partial charge < -0.3 is 0 Å². The average Bonchev–Trinajstić information content (AvgIpc) is 2.31. The van der Waals surface area contributed by atoms with Gasteiger partial charge in [-0.05, 0) is 31.2 Å². The smallest absolute Gasteiger partial charge is 0.0857 e. The lowest BCUT2D eigenvalue weighted by Gasteiger charge is -1.91. The van der Waals surface area contributed by atoms with E-state index in [1.807, 2.05) is 55.5 Å². The molecule has 0 saturated heterocycles. The van der Waals surface area contributed by atoms with Crippen LogP contribution in [0.15, 0.2) is 77.1 Å². The Bertz CT molecular complexity index is 386. The molecule has 0 amide bonds. The minimum absolute atomic E-state index is 0.747. The summed E-state index contributed by atoms with van der Waals surface area (Å²) in [5.74, 6) is 0. The molecule has 0 radical (unpaired) electrons. The van der Waals surface area contributed by atoms with Crippen molar-refractivity contribution in [3.63, 3.8) is 0 Å². The largest absolute Gasteiger partial charge is 0.151 e. The fourth-order valence-corrected chi connectivity index (χ4v) is 0.947. The number of rotatable bonds is 4. The molecule has 0 atom stereocenters. The zero-order chi connectivity index (χ0) is 10.9. The SMILES string of the molecule is C=C/C(=C\C=C/C)N=Nc1ccccc1. The summed E-state index contributed by atoms with van der Waals surface area (Å²) in [5, 5.41) is 8.15. The summed E-state index contributed by atoms with van der Waals surface area (Å²) in [6, 6.07) is 9.61. The van der Waals surface area contributed by atoms with E-state index in [9.17, 15) is 0 Å². The number of hydrogen-bond donors (Lipinski definition) is 0. The molecule has 0 spiro atoms. The standard InChI is InChI=1S/C13H14N2/c1-3-5-9-12(4-2)14-15-13-10-7-6-8-11-13/h3-11H,2H2,1H3/b5-3-,12-9+,15-14?. The third-order valence-corrected chi connectivity index (χ3v) is 1.71. The van der Waals surface area contributed by atoms with Gasteiger partial charge in [0.1, 0.15) is 0 Å². The van der Waals surface area contributed by atoms with E-state index in [1.165, 1.54) is 0 Å². The van der Waals surface area contributed by atoms with Crippen molar-refractivity contribution in [2.45, 2.75) is 6.92 Å². The Morgan fingerprint density at radius 1 is 1.27 bits per heavy atom. The highest BCUT2D eigenvalue weighted by atomic mass is 15.1. The summed E-state index contributed by atoms with van der Waals surface area (Å²) in [6.45, 7) is 5.62. The molecule has 0 aliphatic carbocycles. The van der Waals surface area contributed by atoms with Gasteiger partial charge in [0.25, 0.3) is 0 Å². The summed E-state index contributed by atoms with van der Waals surface area (Å²) in [6.07, 6.45) is 7.37. The highest BCUT2D eigenvalue weighted by Crippen LogP contribution is 2.12. The van der Waals surface area contributed by atoms with Gasteiger partial charge in [-0.2, -0.15) is 10.2 Å². The molecule has 2 nitrogen and oxygen atoms in total. The van der Waals surface area contributed by atoms with Crippen LogP contribution in [0.4, 0.5) is 5.69 Å². The lowest BCUT2D eigenvalue weighted by Crippen LogP contribution is -1.68. The Balaban J connectivity index is 2.75. The predicted molar refractivity (Wildman–Crippen MR) is 64.1 cm³/mol. The first-order valence-electron chi connectivity index (χ1n) is 4.79. The van der Waals surface area contributed by atoms with E-state index in [0.29, 0.717) is 0 Å². The van der Waals surface area contributed by atoms with Crippen molar-refractivity contribution in [1.82, 2.24) is 0 Å². The minimum Gasteiger partial charge on any atom is -0.151 e. The minimum atomic E-state index is 0.747. The zero-order valence-corrected chi connectivity index (χ0v) is 8.80. The summed E-state index contributed by atoms with van der Waals surface area (Å²) in [5.41, 5.74) is 1.59. The van der Waals surface area contributed by atoms with Crippen LogP contribution in [0.25, 0.3) is 0 Å². The van der Waals surface area contributed by atoms with Gasteiger partial charge in [0.2, 0.25) is 0 Å². The number of benzene rings is 1. The Hall–Kier alpha value is -1.96. The molecule has 0 heterocycles. The lowest BCUT2D eigenvalue weighted by molar-refractivity contribution is 1.17. The summed E-state index contributed by atoms with van der Waals surface area (Å²) >= 11 is 0. The lowest BCUT2D eigenvalue weighted by atomic mass is 10.3. The molecule has 0 unspecified atom stereocenters. The van der Waals surface area contributed by atoms with Gasteiger partial charge in [0.15, 0.2) is 0 Å². The second-order valence-electron chi connectivity index (χ2n) is 2.86. The van der Waals surface area contributed by atoms with Gasteiger partial charge in [-0.15, -0.1) is 0 Å². The number of allylic oxidation sites excluding steroid dienone is 4. The van der Waals surface area contributed by atoms with Crippen LogP contribution >= 0.6 is 0 Å². The van der Waals surface area contributed by atoms with Crippen LogP contribution in [0.3, 0.4) is 0 Å². The quantitative estimate of drug-likeness (QED) is 0.505. The second kappa shape index (κ2) is 6.49. The van der Waals surface area contributed by atoms with Gasteiger partial charge in [0, 0.05) is 0 Å². The molecule has 0 N–H and O–H groups in total. The molecule has 0 saturated carbocycles. The third-order valence-electron chi connectivity index (χ3n) is 1.71. The van der Waals surface area contributed by atoms with Crippen molar-refractivity contribution in [3.8, 4) is 0 Å². The Morgan fingerprint density at radius 3 is 2.60 bits per heavy atom. The first kappa shape index (κ1) is 11.1.